The van der Waals surface area contributed by atoms with Crippen molar-refractivity contribution < 1.29 is 4.74 Å². The van der Waals surface area contributed by atoms with Gasteiger partial charge in [0.25, 0.3) is 0 Å². The highest BCUT2D eigenvalue weighted by molar-refractivity contribution is 5.80. The molecular formula is C22H28N6O. The maximum absolute atomic E-state index is 5.10. The van der Waals surface area contributed by atoms with E-state index in [-0.39, 0.29) is 0 Å². The minimum atomic E-state index is 0.596. The van der Waals surface area contributed by atoms with Crippen molar-refractivity contribution in [1.29, 1.82) is 0 Å². The van der Waals surface area contributed by atoms with E-state index in [0.29, 0.717) is 19.7 Å². The van der Waals surface area contributed by atoms with E-state index in [2.05, 4.69) is 76.2 Å². The molecule has 0 fully saturated rings. The summed E-state index contributed by atoms with van der Waals surface area (Å²) in [6.45, 7) is 5.54. The van der Waals surface area contributed by atoms with Gasteiger partial charge >= 0.3 is 0 Å². The predicted octanol–water partition coefficient (Wildman–Crippen LogP) is 2.69. The van der Waals surface area contributed by atoms with Crippen LogP contribution in [0.25, 0.3) is 11.1 Å². The molecular weight excluding hydrogens is 364 g/mol. The predicted molar refractivity (Wildman–Crippen MR) is 116 cm³/mol. The van der Waals surface area contributed by atoms with Crippen LogP contribution >= 0.6 is 0 Å². The normalized spacial score (nSPS) is 11.4. The lowest BCUT2D eigenvalue weighted by Gasteiger charge is -2.12. The van der Waals surface area contributed by atoms with Crippen molar-refractivity contribution in [2.45, 2.75) is 20.0 Å². The summed E-state index contributed by atoms with van der Waals surface area (Å²) in [6, 6.07) is 16.9. The van der Waals surface area contributed by atoms with E-state index in [4.69, 9.17) is 9.73 Å². The Bertz CT molecular complexity index is 890. The largest absolute Gasteiger partial charge is 0.383 e. The Kier molecular flexibility index (Phi) is 7.77. The first-order valence-electron chi connectivity index (χ1n) is 9.81. The Labute approximate surface area is 171 Å². The molecule has 0 aliphatic carbocycles. The summed E-state index contributed by atoms with van der Waals surface area (Å²) in [5, 5.41) is 10.7. The Balaban J connectivity index is 1.73. The van der Waals surface area contributed by atoms with Crippen molar-refractivity contribution in [3.63, 3.8) is 0 Å². The third-order valence-electron chi connectivity index (χ3n) is 4.44. The number of benzene rings is 2. The van der Waals surface area contributed by atoms with E-state index in [1.54, 1.807) is 19.8 Å². The average Bonchev–Trinajstić information content (AvgIpc) is 3.26. The molecule has 0 radical (unpaired) electrons. The lowest BCUT2D eigenvalue weighted by atomic mass is 9.98. The van der Waals surface area contributed by atoms with Crippen LogP contribution in [-0.4, -0.2) is 47.5 Å². The second-order valence-corrected chi connectivity index (χ2v) is 6.56. The van der Waals surface area contributed by atoms with Crippen molar-refractivity contribution in [3.8, 4) is 11.1 Å². The highest BCUT2D eigenvalue weighted by Crippen LogP contribution is 2.25. The van der Waals surface area contributed by atoms with E-state index >= 15 is 0 Å². The number of hydrogen-bond donors (Lipinski definition) is 2. The zero-order chi connectivity index (χ0) is 20.3. The number of hydrogen-bond acceptors (Lipinski definition) is 4. The van der Waals surface area contributed by atoms with Crippen LogP contribution in [0.15, 0.2) is 66.2 Å². The Morgan fingerprint density at radius 2 is 1.93 bits per heavy atom. The van der Waals surface area contributed by atoms with Crippen molar-refractivity contribution in [2.75, 3.05) is 26.8 Å². The van der Waals surface area contributed by atoms with Crippen LogP contribution in [0.1, 0.15) is 18.1 Å². The first-order valence-corrected chi connectivity index (χ1v) is 9.81. The van der Waals surface area contributed by atoms with E-state index in [1.165, 1.54) is 22.3 Å². The number of guanidine groups is 1. The monoisotopic (exact) mass is 392 g/mol. The van der Waals surface area contributed by atoms with Crippen LogP contribution in [0.4, 0.5) is 0 Å². The van der Waals surface area contributed by atoms with Gasteiger partial charge in [-0.2, -0.15) is 5.10 Å². The van der Waals surface area contributed by atoms with Gasteiger partial charge in [0, 0.05) is 20.2 Å². The number of ether oxygens (including phenoxy) is 1. The van der Waals surface area contributed by atoms with Crippen molar-refractivity contribution in [3.05, 3.63) is 72.3 Å². The van der Waals surface area contributed by atoms with Gasteiger partial charge in [-0.25, -0.2) is 14.7 Å². The molecule has 2 N–H and O–H groups in total. The molecule has 0 aliphatic heterocycles. The number of methoxy groups -OCH3 is 1. The van der Waals surface area contributed by atoms with Gasteiger partial charge in [-0.05, 0) is 29.2 Å². The fourth-order valence-electron chi connectivity index (χ4n) is 3.01. The molecule has 0 aliphatic rings. The molecule has 3 aromatic rings. The number of rotatable bonds is 9. The summed E-state index contributed by atoms with van der Waals surface area (Å²) in [4.78, 5) is 8.72. The van der Waals surface area contributed by atoms with Gasteiger partial charge < -0.3 is 15.4 Å². The molecule has 2 aromatic carbocycles. The molecule has 0 spiro atoms. The highest BCUT2D eigenvalue weighted by atomic mass is 16.5. The molecule has 0 bridgehead atoms. The molecule has 0 unspecified atom stereocenters. The molecule has 7 heteroatoms. The molecule has 0 saturated carbocycles. The summed E-state index contributed by atoms with van der Waals surface area (Å²) in [5.74, 6) is 0.794. The Morgan fingerprint density at radius 1 is 1.10 bits per heavy atom. The van der Waals surface area contributed by atoms with Crippen molar-refractivity contribution >= 4 is 5.96 Å². The third kappa shape index (κ3) is 6.15. The quantitative estimate of drug-likeness (QED) is 0.333. The number of nitrogens with zero attached hydrogens (tertiary/aromatic N) is 4. The smallest absolute Gasteiger partial charge is 0.191 e. The average molecular weight is 393 g/mol. The molecule has 0 saturated heterocycles. The van der Waals surface area contributed by atoms with Crippen LogP contribution in [-0.2, 0) is 17.8 Å². The zero-order valence-corrected chi connectivity index (χ0v) is 17.0. The summed E-state index contributed by atoms with van der Waals surface area (Å²) in [6.07, 6.45) is 3.28. The lowest BCUT2D eigenvalue weighted by Crippen LogP contribution is -2.38. The van der Waals surface area contributed by atoms with Crippen LogP contribution in [0.3, 0.4) is 0 Å². The summed E-state index contributed by atoms with van der Waals surface area (Å²) in [7, 11) is 1.69. The second-order valence-electron chi connectivity index (χ2n) is 6.56. The number of nitrogens with one attached hydrogen (secondary N) is 2. The van der Waals surface area contributed by atoms with Crippen LogP contribution < -0.4 is 10.6 Å². The van der Waals surface area contributed by atoms with Crippen LogP contribution in [0, 0.1) is 0 Å². The topological polar surface area (TPSA) is 76.4 Å². The van der Waals surface area contributed by atoms with Gasteiger partial charge in [0.2, 0.25) is 0 Å². The van der Waals surface area contributed by atoms with Crippen molar-refractivity contribution in [1.82, 2.24) is 25.4 Å². The van der Waals surface area contributed by atoms with Gasteiger partial charge in [-0.1, -0.05) is 48.5 Å². The SMILES string of the molecule is CCNC(=NCc1ccccc1-c1ccc(Cn2cncn2)cc1)NCCOC. The minimum Gasteiger partial charge on any atom is -0.383 e. The molecule has 1 aromatic heterocycles. The zero-order valence-electron chi connectivity index (χ0n) is 17.0. The minimum absolute atomic E-state index is 0.596. The summed E-state index contributed by atoms with van der Waals surface area (Å²) >= 11 is 0. The maximum atomic E-state index is 5.10. The first-order chi connectivity index (χ1) is 14.3. The number of aromatic nitrogens is 3. The summed E-state index contributed by atoms with van der Waals surface area (Å²) in [5.41, 5.74) is 4.73. The highest BCUT2D eigenvalue weighted by Gasteiger charge is 2.06. The Morgan fingerprint density at radius 3 is 2.66 bits per heavy atom. The van der Waals surface area contributed by atoms with E-state index in [1.807, 2.05) is 4.68 Å². The molecule has 152 valence electrons. The molecule has 0 amide bonds. The fourth-order valence-corrected chi connectivity index (χ4v) is 3.01. The van der Waals surface area contributed by atoms with Gasteiger partial charge in [0.15, 0.2) is 5.96 Å². The lowest BCUT2D eigenvalue weighted by molar-refractivity contribution is 0.203. The molecule has 7 nitrogen and oxygen atoms in total. The Hall–Kier alpha value is -3.19. The van der Waals surface area contributed by atoms with Gasteiger partial charge in [-0.15, -0.1) is 0 Å². The molecule has 1 heterocycles. The van der Waals surface area contributed by atoms with E-state index in [0.717, 1.165) is 19.0 Å². The van der Waals surface area contributed by atoms with E-state index in [9.17, 15) is 0 Å². The van der Waals surface area contributed by atoms with Gasteiger partial charge in [0.05, 0.1) is 19.7 Å². The first kappa shape index (κ1) is 20.5. The standard InChI is InChI=1S/C22H28N6O/c1-3-24-22(25-12-13-29-2)26-14-20-6-4-5-7-21(20)19-10-8-18(9-11-19)15-28-17-23-16-27-28/h4-11,16-17H,3,12-15H2,1-2H3,(H2,24,25,26). The molecule has 0 atom stereocenters. The van der Waals surface area contributed by atoms with Crippen molar-refractivity contribution in [2.24, 2.45) is 4.99 Å². The third-order valence-corrected chi connectivity index (χ3v) is 4.44. The maximum Gasteiger partial charge on any atom is 0.191 e. The van der Waals surface area contributed by atoms with Crippen LogP contribution in [0.5, 0.6) is 0 Å². The van der Waals surface area contributed by atoms with E-state index < -0.39 is 0 Å². The van der Waals surface area contributed by atoms with Gasteiger partial charge in [0.1, 0.15) is 12.7 Å². The second kappa shape index (κ2) is 11.0. The number of aliphatic imine (C=N–C) groups is 1. The molecule has 29 heavy (non-hydrogen) atoms. The molecule has 3 rings (SSSR count). The van der Waals surface area contributed by atoms with Crippen LogP contribution in [0.2, 0.25) is 0 Å². The van der Waals surface area contributed by atoms with Gasteiger partial charge in [-0.3, -0.25) is 0 Å². The fraction of sp³-hybridized carbons (Fsp3) is 0.318. The summed E-state index contributed by atoms with van der Waals surface area (Å²) < 4.78 is 6.91.